The Bertz CT molecular complexity index is 446. The zero-order valence-electron chi connectivity index (χ0n) is 9.61. The van der Waals surface area contributed by atoms with Crippen molar-refractivity contribution in [1.29, 1.82) is 0 Å². The molecule has 0 spiro atoms. The number of rotatable bonds is 1. The average molecular weight is 372 g/mol. The summed E-state index contributed by atoms with van der Waals surface area (Å²) in [6.07, 6.45) is -0.642. The van der Waals surface area contributed by atoms with E-state index >= 15 is 0 Å². The largest absolute Gasteiger partial charge is 0.444 e. The first-order chi connectivity index (χ1) is 7.69. The van der Waals surface area contributed by atoms with Crippen LogP contribution >= 0.6 is 34.2 Å². The number of carbonyl (C=O) groups excluding carboxylic acids is 1. The van der Waals surface area contributed by atoms with Crippen LogP contribution in [0.2, 0.25) is 5.02 Å². The molecule has 0 saturated heterocycles. The van der Waals surface area contributed by atoms with Gasteiger partial charge < -0.3 is 4.74 Å². The second-order valence-corrected chi connectivity index (χ2v) is 5.89. The van der Waals surface area contributed by atoms with E-state index in [9.17, 15) is 9.18 Å². The van der Waals surface area contributed by atoms with Crippen molar-refractivity contribution in [3.8, 4) is 0 Å². The lowest BCUT2D eigenvalue weighted by Crippen LogP contribution is -2.27. The third kappa shape index (κ3) is 4.67. The minimum Gasteiger partial charge on any atom is -0.444 e. The van der Waals surface area contributed by atoms with E-state index in [1.807, 2.05) is 0 Å². The van der Waals surface area contributed by atoms with Crippen molar-refractivity contribution in [2.24, 2.45) is 0 Å². The smallest absolute Gasteiger partial charge is 0.412 e. The number of nitrogens with one attached hydrogen (secondary N) is 1. The highest BCUT2D eigenvalue weighted by molar-refractivity contribution is 14.1. The van der Waals surface area contributed by atoms with Crippen LogP contribution in [0.25, 0.3) is 0 Å². The zero-order valence-corrected chi connectivity index (χ0v) is 12.5. The third-order valence-electron chi connectivity index (χ3n) is 1.63. The van der Waals surface area contributed by atoms with Gasteiger partial charge in [0.2, 0.25) is 0 Å². The van der Waals surface area contributed by atoms with E-state index in [1.54, 1.807) is 43.4 Å². The maximum Gasteiger partial charge on any atom is 0.412 e. The first-order valence-electron chi connectivity index (χ1n) is 4.83. The Morgan fingerprint density at radius 2 is 2.06 bits per heavy atom. The highest BCUT2D eigenvalue weighted by Gasteiger charge is 2.18. The first-order valence-corrected chi connectivity index (χ1v) is 6.29. The van der Waals surface area contributed by atoms with Crippen LogP contribution in [0.5, 0.6) is 0 Å². The molecule has 6 heteroatoms. The molecule has 0 aliphatic carbocycles. The predicted molar refractivity (Wildman–Crippen MR) is 74.0 cm³/mol. The normalized spacial score (nSPS) is 11.2. The summed E-state index contributed by atoms with van der Waals surface area (Å²) in [5.41, 5.74) is -0.308. The summed E-state index contributed by atoms with van der Waals surface area (Å²) >= 11 is 7.49. The Labute approximate surface area is 118 Å². The van der Waals surface area contributed by atoms with Gasteiger partial charge in [-0.15, -0.1) is 0 Å². The average Bonchev–Trinajstić information content (AvgIpc) is 2.10. The van der Waals surface area contributed by atoms with Gasteiger partial charge in [-0.25, -0.2) is 9.18 Å². The van der Waals surface area contributed by atoms with Crippen LogP contribution in [0.15, 0.2) is 12.1 Å². The Kier molecular flexibility index (Phi) is 4.60. The minimum absolute atomic E-state index is 0.217. The minimum atomic E-state index is -0.642. The Morgan fingerprint density at radius 1 is 1.47 bits per heavy atom. The monoisotopic (exact) mass is 371 g/mol. The van der Waals surface area contributed by atoms with Crippen molar-refractivity contribution >= 4 is 46.0 Å². The number of carbonyl (C=O) groups is 1. The first kappa shape index (κ1) is 14.5. The molecule has 0 heterocycles. The molecule has 0 bridgehead atoms. The number of halogens is 3. The van der Waals surface area contributed by atoms with E-state index < -0.39 is 17.5 Å². The van der Waals surface area contributed by atoms with E-state index in [-0.39, 0.29) is 8.59 Å². The molecule has 1 rings (SSSR count). The van der Waals surface area contributed by atoms with Crippen LogP contribution in [-0.2, 0) is 4.74 Å². The Morgan fingerprint density at radius 3 is 2.59 bits per heavy atom. The lowest BCUT2D eigenvalue weighted by molar-refractivity contribution is 0.0636. The van der Waals surface area contributed by atoms with Gasteiger partial charge in [-0.3, -0.25) is 5.32 Å². The fourth-order valence-electron chi connectivity index (χ4n) is 1.06. The van der Waals surface area contributed by atoms with Gasteiger partial charge in [-0.1, -0.05) is 11.6 Å². The van der Waals surface area contributed by atoms with Gasteiger partial charge >= 0.3 is 6.09 Å². The van der Waals surface area contributed by atoms with Crippen molar-refractivity contribution in [3.05, 3.63) is 26.5 Å². The molecule has 0 unspecified atom stereocenters. The molecule has 0 aromatic heterocycles. The molecular weight excluding hydrogens is 359 g/mol. The molecule has 17 heavy (non-hydrogen) atoms. The number of hydrogen-bond acceptors (Lipinski definition) is 2. The van der Waals surface area contributed by atoms with Crippen molar-refractivity contribution in [3.63, 3.8) is 0 Å². The van der Waals surface area contributed by atoms with Crippen molar-refractivity contribution in [2.45, 2.75) is 26.4 Å². The molecule has 0 aliphatic rings. The molecule has 3 nitrogen and oxygen atoms in total. The topological polar surface area (TPSA) is 38.3 Å². The number of ether oxygens (including phenoxy) is 1. The Balaban J connectivity index is 2.85. The Hall–Kier alpha value is -0.560. The molecule has 0 fully saturated rings. The fourth-order valence-corrected chi connectivity index (χ4v) is 1.71. The summed E-state index contributed by atoms with van der Waals surface area (Å²) in [4.78, 5) is 11.5. The molecule has 94 valence electrons. The SMILES string of the molecule is CC(C)(C)OC(=O)Nc1cc(Cl)cc(F)c1I. The lowest BCUT2D eigenvalue weighted by atomic mass is 10.2. The summed E-state index contributed by atoms with van der Waals surface area (Å²) in [6, 6.07) is 2.65. The van der Waals surface area contributed by atoms with Gasteiger partial charge in [0.15, 0.2) is 0 Å². The van der Waals surface area contributed by atoms with Gasteiger partial charge in [-0.05, 0) is 55.5 Å². The fraction of sp³-hybridized carbons (Fsp3) is 0.364. The van der Waals surface area contributed by atoms with Crippen molar-refractivity contribution in [1.82, 2.24) is 0 Å². The standard InChI is InChI=1S/C11H12ClFINO2/c1-11(2,3)17-10(16)15-8-5-6(12)4-7(13)9(8)14/h4-5H,1-3H3,(H,15,16). The number of amides is 1. The van der Waals surface area contributed by atoms with Gasteiger partial charge in [0.05, 0.1) is 9.26 Å². The molecule has 0 atom stereocenters. The van der Waals surface area contributed by atoms with Crippen molar-refractivity contribution in [2.75, 3.05) is 5.32 Å². The molecular formula is C11H12ClFINO2. The van der Waals surface area contributed by atoms with Crippen LogP contribution in [0.4, 0.5) is 14.9 Å². The van der Waals surface area contributed by atoms with Gasteiger partial charge in [0.25, 0.3) is 0 Å². The second kappa shape index (κ2) is 5.39. The molecule has 0 radical (unpaired) electrons. The summed E-state index contributed by atoms with van der Waals surface area (Å²) in [7, 11) is 0. The molecule has 1 aromatic carbocycles. The summed E-state index contributed by atoms with van der Waals surface area (Å²) in [5.74, 6) is -0.482. The maximum atomic E-state index is 13.3. The molecule has 1 aromatic rings. The quantitative estimate of drug-likeness (QED) is 0.586. The van der Waals surface area contributed by atoms with Crippen LogP contribution in [-0.4, -0.2) is 11.7 Å². The van der Waals surface area contributed by atoms with E-state index in [0.717, 1.165) is 0 Å². The number of anilines is 1. The van der Waals surface area contributed by atoms with Crippen molar-refractivity contribution < 1.29 is 13.9 Å². The van der Waals surface area contributed by atoms with Gasteiger partial charge in [-0.2, -0.15) is 0 Å². The molecule has 0 aliphatic heterocycles. The number of benzene rings is 1. The summed E-state index contributed by atoms with van der Waals surface area (Å²) < 4.78 is 18.7. The molecule has 1 amide bonds. The van der Waals surface area contributed by atoms with Crippen LogP contribution in [0.1, 0.15) is 20.8 Å². The summed E-state index contributed by atoms with van der Waals surface area (Å²) in [6.45, 7) is 5.24. The lowest BCUT2D eigenvalue weighted by Gasteiger charge is -2.20. The molecule has 1 N–H and O–H groups in total. The van der Waals surface area contributed by atoms with Crippen LogP contribution in [0, 0.1) is 9.39 Å². The van der Waals surface area contributed by atoms with Crippen LogP contribution < -0.4 is 5.32 Å². The third-order valence-corrected chi connectivity index (χ3v) is 2.94. The van der Waals surface area contributed by atoms with Crippen LogP contribution in [0.3, 0.4) is 0 Å². The van der Waals surface area contributed by atoms with E-state index in [1.165, 1.54) is 12.1 Å². The van der Waals surface area contributed by atoms with Gasteiger partial charge in [0, 0.05) is 5.02 Å². The number of hydrogen-bond donors (Lipinski definition) is 1. The summed E-state index contributed by atoms with van der Waals surface area (Å²) in [5, 5.41) is 2.67. The van der Waals surface area contributed by atoms with E-state index in [4.69, 9.17) is 16.3 Å². The van der Waals surface area contributed by atoms with Gasteiger partial charge in [0.1, 0.15) is 11.4 Å². The zero-order chi connectivity index (χ0) is 13.2. The predicted octanol–water partition coefficient (Wildman–Crippen LogP) is 4.43. The maximum absolute atomic E-state index is 13.3. The second-order valence-electron chi connectivity index (χ2n) is 4.38. The highest BCUT2D eigenvalue weighted by Crippen LogP contribution is 2.26. The van der Waals surface area contributed by atoms with E-state index in [0.29, 0.717) is 5.69 Å². The highest BCUT2D eigenvalue weighted by atomic mass is 127. The molecule has 0 saturated carbocycles. The van der Waals surface area contributed by atoms with E-state index in [2.05, 4.69) is 5.32 Å².